The number of aliphatic hydroxyl groups is 1. The molecular weight excluding hydrogens is 274 g/mol. The summed E-state index contributed by atoms with van der Waals surface area (Å²) in [4.78, 5) is 15.8. The van der Waals surface area contributed by atoms with Crippen LogP contribution in [0, 0.1) is 6.92 Å². The Morgan fingerprint density at radius 1 is 1.55 bits per heavy atom. The highest BCUT2D eigenvalue weighted by molar-refractivity contribution is 7.14. The Labute approximate surface area is 124 Å². The molecule has 112 valence electrons. The van der Waals surface area contributed by atoms with Crippen molar-refractivity contribution in [2.24, 2.45) is 0 Å². The summed E-state index contributed by atoms with van der Waals surface area (Å²) in [7, 11) is 1.41. The number of thiophene rings is 1. The number of piperidine rings is 1. The number of rotatable bonds is 4. The van der Waals surface area contributed by atoms with Crippen molar-refractivity contribution in [1.29, 1.82) is 0 Å². The third kappa shape index (κ3) is 3.22. The summed E-state index contributed by atoms with van der Waals surface area (Å²) in [5.74, 6) is -0.269. The van der Waals surface area contributed by atoms with Gasteiger partial charge in [0.1, 0.15) is 4.88 Å². The molecule has 0 saturated carbocycles. The van der Waals surface area contributed by atoms with Gasteiger partial charge in [0.2, 0.25) is 0 Å². The molecule has 20 heavy (non-hydrogen) atoms. The van der Waals surface area contributed by atoms with Crippen LogP contribution in [0.3, 0.4) is 0 Å². The van der Waals surface area contributed by atoms with Gasteiger partial charge in [-0.2, -0.15) is 0 Å². The van der Waals surface area contributed by atoms with Crippen LogP contribution in [0.4, 0.5) is 0 Å². The first-order valence-electron chi connectivity index (χ1n) is 7.11. The standard InChI is InChI=1S/C15H23NO3S/c1-10-5-4-6-13(9-17)16(10)8-12-7-14(15(18)19-3)20-11(12)2/h7,10,13,17H,4-6,8-9H2,1-3H3. The molecule has 2 atom stereocenters. The van der Waals surface area contributed by atoms with Crippen molar-refractivity contribution in [3.05, 3.63) is 21.4 Å². The summed E-state index contributed by atoms with van der Waals surface area (Å²) in [6.45, 7) is 5.25. The number of carbonyl (C=O) groups excluding carboxylic acids is 1. The molecule has 1 aliphatic heterocycles. The fourth-order valence-electron chi connectivity index (χ4n) is 2.90. The number of aliphatic hydroxyl groups excluding tert-OH is 1. The molecule has 2 heterocycles. The van der Waals surface area contributed by atoms with Crippen molar-refractivity contribution in [3.8, 4) is 0 Å². The zero-order valence-electron chi connectivity index (χ0n) is 12.4. The van der Waals surface area contributed by atoms with Crippen molar-refractivity contribution in [3.63, 3.8) is 0 Å². The van der Waals surface area contributed by atoms with Crippen molar-refractivity contribution in [2.45, 2.75) is 51.7 Å². The Hall–Kier alpha value is -0.910. The van der Waals surface area contributed by atoms with E-state index >= 15 is 0 Å². The van der Waals surface area contributed by atoms with Crippen molar-refractivity contribution in [1.82, 2.24) is 4.90 Å². The van der Waals surface area contributed by atoms with Crippen LogP contribution in [0.25, 0.3) is 0 Å². The van der Waals surface area contributed by atoms with Gasteiger partial charge < -0.3 is 9.84 Å². The molecule has 1 N–H and O–H groups in total. The van der Waals surface area contributed by atoms with Crippen LogP contribution in [0.2, 0.25) is 0 Å². The third-order valence-corrected chi connectivity index (χ3v) is 5.24. The van der Waals surface area contributed by atoms with E-state index in [2.05, 4.69) is 11.8 Å². The summed E-state index contributed by atoms with van der Waals surface area (Å²) >= 11 is 1.48. The zero-order chi connectivity index (χ0) is 14.7. The first-order valence-corrected chi connectivity index (χ1v) is 7.92. The van der Waals surface area contributed by atoms with Crippen molar-refractivity contribution >= 4 is 17.3 Å². The van der Waals surface area contributed by atoms with Crippen LogP contribution in [0.1, 0.15) is 46.3 Å². The number of carbonyl (C=O) groups is 1. The van der Waals surface area contributed by atoms with Gasteiger partial charge in [-0.1, -0.05) is 6.42 Å². The minimum atomic E-state index is -0.269. The quantitative estimate of drug-likeness (QED) is 0.868. The van der Waals surface area contributed by atoms with Gasteiger partial charge in [-0.05, 0) is 38.3 Å². The third-order valence-electron chi connectivity index (χ3n) is 4.17. The number of esters is 1. The molecule has 0 bridgehead atoms. The number of aryl methyl sites for hydroxylation is 1. The highest BCUT2D eigenvalue weighted by Gasteiger charge is 2.28. The van der Waals surface area contributed by atoms with Gasteiger partial charge in [-0.3, -0.25) is 4.90 Å². The predicted molar refractivity (Wildman–Crippen MR) is 80.1 cm³/mol. The van der Waals surface area contributed by atoms with Gasteiger partial charge in [0.15, 0.2) is 0 Å². The van der Waals surface area contributed by atoms with E-state index in [1.165, 1.54) is 36.9 Å². The minimum Gasteiger partial charge on any atom is -0.465 e. The smallest absolute Gasteiger partial charge is 0.348 e. The van der Waals surface area contributed by atoms with Crippen LogP contribution in [-0.4, -0.2) is 41.8 Å². The highest BCUT2D eigenvalue weighted by atomic mass is 32.1. The second kappa shape index (κ2) is 6.70. The Morgan fingerprint density at radius 3 is 2.95 bits per heavy atom. The molecule has 1 saturated heterocycles. The van der Waals surface area contributed by atoms with Gasteiger partial charge in [0, 0.05) is 23.5 Å². The summed E-state index contributed by atoms with van der Waals surface area (Å²) in [5.41, 5.74) is 1.17. The van der Waals surface area contributed by atoms with Gasteiger partial charge in [0.05, 0.1) is 13.7 Å². The molecule has 2 unspecified atom stereocenters. The van der Waals surface area contributed by atoms with Crippen LogP contribution in [-0.2, 0) is 11.3 Å². The van der Waals surface area contributed by atoms with Crippen LogP contribution in [0.5, 0.6) is 0 Å². The average Bonchev–Trinajstić information content (AvgIpc) is 2.81. The van der Waals surface area contributed by atoms with Crippen LogP contribution >= 0.6 is 11.3 Å². The molecule has 1 aromatic heterocycles. The van der Waals surface area contributed by atoms with E-state index in [9.17, 15) is 9.90 Å². The molecule has 0 aliphatic carbocycles. The van der Waals surface area contributed by atoms with Crippen LogP contribution in [0.15, 0.2) is 6.07 Å². The Balaban J connectivity index is 2.15. The first kappa shape index (κ1) is 15.5. The van der Waals surface area contributed by atoms with E-state index in [4.69, 9.17) is 4.74 Å². The van der Waals surface area contributed by atoms with E-state index in [0.29, 0.717) is 10.9 Å². The van der Waals surface area contributed by atoms with Crippen LogP contribution < -0.4 is 0 Å². The highest BCUT2D eigenvalue weighted by Crippen LogP contribution is 2.29. The number of hydrogen-bond donors (Lipinski definition) is 1. The summed E-state index contributed by atoms with van der Waals surface area (Å²) in [6, 6.07) is 2.64. The minimum absolute atomic E-state index is 0.206. The predicted octanol–water partition coefficient (Wildman–Crippen LogP) is 2.58. The van der Waals surface area contributed by atoms with E-state index in [0.717, 1.165) is 17.8 Å². The second-order valence-corrected chi connectivity index (χ2v) is 6.73. The Kier molecular flexibility index (Phi) is 5.18. The molecule has 2 rings (SSSR count). The molecule has 5 heteroatoms. The molecule has 0 amide bonds. The lowest BCUT2D eigenvalue weighted by Crippen LogP contribution is -2.46. The molecule has 0 spiro atoms. The fourth-order valence-corrected chi connectivity index (χ4v) is 3.85. The van der Waals surface area contributed by atoms with E-state index in [1.807, 2.05) is 13.0 Å². The lowest BCUT2D eigenvalue weighted by atomic mass is 9.96. The number of likely N-dealkylation sites (tertiary alicyclic amines) is 1. The number of methoxy groups -OCH3 is 1. The lowest BCUT2D eigenvalue weighted by molar-refractivity contribution is 0.0451. The normalized spacial score (nSPS) is 23.8. The number of ether oxygens (including phenoxy) is 1. The fraction of sp³-hybridized carbons (Fsp3) is 0.667. The van der Waals surface area contributed by atoms with Gasteiger partial charge in [-0.25, -0.2) is 4.79 Å². The molecule has 1 aliphatic rings. The molecule has 0 radical (unpaired) electrons. The molecule has 1 aromatic rings. The van der Waals surface area contributed by atoms with E-state index < -0.39 is 0 Å². The summed E-state index contributed by atoms with van der Waals surface area (Å²) in [6.07, 6.45) is 3.40. The zero-order valence-corrected chi connectivity index (χ0v) is 13.2. The maximum absolute atomic E-state index is 11.6. The monoisotopic (exact) mass is 297 g/mol. The molecular formula is C15H23NO3S. The first-order chi connectivity index (χ1) is 9.56. The molecule has 1 fully saturated rings. The number of nitrogens with zero attached hydrogens (tertiary/aromatic N) is 1. The molecule has 0 aromatic carbocycles. The molecule has 4 nitrogen and oxygen atoms in total. The van der Waals surface area contributed by atoms with Gasteiger partial charge >= 0.3 is 5.97 Å². The lowest BCUT2D eigenvalue weighted by Gasteiger charge is -2.39. The maximum Gasteiger partial charge on any atom is 0.348 e. The van der Waals surface area contributed by atoms with E-state index in [1.54, 1.807) is 0 Å². The summed E-state index contributed by atoms with van der Waals surface area (Å²) < 4.78 is 4.78. The number of hydrogen-bond acceptors (Lipinski definition) is 5. The Bertz CT molecular complexity index is 472. The Morgan fingerprint density at radius 2 is 2.30 bits per heavy atom. The SMILES string of the molecule is COC(=O)c1cc(CN2C(C)CCCC2CO)c(C)s1. The topological polar surface area (TPSA) is 49.8 Å². The van der Waals surface area contributed by atoms with Crippen molar-refractivity contribution < 1.29 is 14.6 Å². The largest absolute Gasteiger partial charge is 0.465 e. The summed E-state index contributed by atoms with van der Waals surface area (Å²) in [5, 5.41) is 9.54. The van der Waals surface area contributed by atoms with Crippen molar-refractivity contribution in [2.75, 3.05) is 13.7 Å². The van der Waals surface area contributed by atoms with Gasteiger partial charge in [0.25, 0.3) is 0 Å². The second-order valence-electron chi connectivity index (χ2n) is 5.47. The van der Waals surface area contributed by atoms with E-state index in [-0.39, 0.29) is 18.6 Å². The maximum atomic E-state index is 11.6. The average molecular weight is 297 g/mol. The van der Waals surface area contributed by atoms with Gasteiger partial charge in [-0.15, -0.1) is 11.3 Å².